The molecule has 0 spiro atoms. The van der Waals surface area contributed by atoms with E-state index in [0.29, 0.717) is 6.54 Å². The molecule has 0 aromatic heterocycles. The van der Waals surface area contributed by atoms with Gasteiger partial charge in [-0.25, -0.2) is 0 Å². The number of carbonyl (C=O) groups excluding carboxylic acids is 1. The Morgan fingerprint density at radius 2 is 1.68 bits per heavy atom. The standard InChI is InChI=1S/C14H28NO6P/c1-2-3-4-5-6-7-10-15-13(16)9-8-12(14(17)18)11-22(19,20)21/h12H,2-11H2,1H3,(H,15,16)(H,17,18)(H2,19,20,21). The second-order valence-electron chi connectivity index (χ2n) is 5.54. The molecular weight excluding hydrogens is 309 g/mol. The highest BCUT2D eigenvalue weighted by atomic mass is 31.2. The van der Waals surface area contributed by atoms with E-state index in [4.69, 9.17) is 14.9 Å². The van der Waals surface area contributed by atoms with Crippen LogP contribution in [0.25, 0.3) is 0 Å². The first-order valence-corrected chi connectivity index (χ1v) is 9.60. The molecule has 0 bridgehead atoms. The van der Waals surface area contributed by atoms with Crippen molar-refractivity contribution in [2.45, 2.75) is 58.3 Å². The fraction of sp³-hybridized carbons (Fsp3) is 0.857. The highest BCUT2D eigenvalue weighted by Gasteiger charge is 2.27. The molecule has 0 aromatic rings. The van der Waals surface area contributed by atoms with E-state index >= 15 is 0 Å². The molecule has 4 N–H and O–H groups in total. The van der Waals surface area contributed by atoms with E-state index in [0.717, 1.165) is 19.3 Å². The van der Waals surface area contributed by atoms with Crippen molar-refractivity contribution >= 4 is 19.5 Å². The Bertz CT molecular complexity index is 382. The van der Waals surface area contributed by atoms with Crippen molar-refractivity contribution < 1.29 is 29.0 Å². The number of carboxylic acids is 1. The molecular formula is C14H28NO6P. The average molecular weight is 337 g/mol. The number of rotatable bonds is 13. The summed E-state index contributed by atoms with van der Waals surface area (Å²) in [4.78, 5) is 40.1. The highest BCUT2D eigenvalue weighted by molar-refractivity contribution is 7.51. The van der Waals surface area contributed by atoms with Crippen molar-refractivity contribution in [3.05, 3.63) is 0 Å². The third-order valence-electron chi connectivity index (χ3n) is 3.38. The van der Waals surface area contributed by atoms with Crippen LogP contribution >= 0.6 is 7.60 Å². The molecule has 0 saturated carbocycles. The first-order chi connectivity index (χ1) is 10.3. The SMILES string of the molecule is CCCCCCCCNC(=O)CCC(CP(=O)(O)O)C(=O)O. The van der Waals surface area contributed by atoms with Crippen LogP contribution < -0.4 is 5.32 Å². The first kappa shape index (κ1) is 21.1. The van der Waals surface area contributed by atoms with E-state index in [1.54, 1.807) is 0 Å². The normalized spacial score (nSPS) is 12.9. The number of nitrogens with one attached hydrogen (secondary N) is 1. The average Bonchev–Trinajstić information content (AvgIpc) is 2.41. The van der Waals surface area contributed by atoms with E-state index < -0.39 is 25.6 Å². The second kappa shape index (κ2) is 11.6. The minimum absolute atomic E-state index is 0.0349. The molecule has 1 atom stereocenters. The molecule has 0 radical (unpaired) electrons. The smallest absolute Gasteiger partial charge is 0.326 e. The zero-order valence-corrected chi connectivity index (χ0v) is 14.1. The Morgan fingerprint density at radius 1 is 1.09 bits per heavy atom. The quantitative estimate of drug-likeness (QED) is 0.301. The van der Waals surface area contributed by atoms with Crippen LogP contribution in [0.15, 0.2) is 0 Å². The lowest BCUT2D eigenvalue weighted by atomic mass is 10.1. The number of hydrogen-bond acceptors (Lipinski definition) is 3. The van der Waals surface area contributed by atoms with E-state index in [9.17, 15) is 14.2 Å². The lowest BCUT2D eigenvalue weighted by Crippen LogP contribution is -2.26. The van der Waals surface area contributed by atoms with Crippen LogP contribution in [0.2, 0.25) is 0 Å². The van der Waals surface area contributed by atoms with Crippen molar-refractivity contribution in [2.75, 3.05) is 12.7 Å². The van der Waals surface area contributed by atoms with Crippen LogP contribution in [0.1, 0.15) is 58.3 Å². The molecule has 0 fully saturated rings. The Labute approximate surface area is 131 Å². The van der Waals surface area contributed by atoms with E-state index in [1.807, 2.05) is 0 Å². The fourth-order valence-corrected chi connectivity index (χ4v) is 3.02. The molecule has 22 heavy (non-hydrogen) atoms. The molecule has 0 heterocycles. The van der Waals surface area contributed by atoms with Gasteiger partial charge in [-0.3, -0.25) is 14.2 Å². The number of amides is 1. The van der Waals surface area contributed by atoms with Gasteiger partial charge in [0, 0.05) is 13.0 Å². The molecule has 0 aromatic carbocycles. The molecule has 0 aliphatic rings. The molecule has 1 unspecified atom stereocenters. The van der Waals surface area contributed by atoms with Gasteiger partial charge < -0.3 is 20.2 Å². The van der Waals surface area contributed by atoms with E-state index in [-0.39, 0.29) is 18.7 Å². The third kappa shape index (κ3) is 12.8. The number of hydrogen-bond donors (Lipinski definition) is 4. The largest absolute Gasteiger partial charge is 0.481 e. The number of carboxylic acid groups (broad SMARTS) is 1. The maximum Gasteiger partial charge on any atom is 0.326 e. The summed E-state index contributed by atoms with van der Waals surface area (Å²) in [5.74, 6) is -2.75. The van der Waals surface area contributed by atoms with E-state index in [1.165, 1.54) is 19.3 Å². The zero-order valence-electron chi connectivity index (χ0n) is 13.2. The van der Waals surface area contributed by atoms with Crippen LogP contribution in [0.3, 0.4) is 0 Å². The summed E-state index contributed by atoms with van der Waals surface area (Å²) in [5, 5.41) is 11.6. The number of aliphatic carboxylic acids is 1. The van der Waals surface area contributed by atoms with Crippen LogP contribution in [-0.2, 0) is 14.2 Å². The summed E-state index contributed by atoms with van der Waals surface area (Å²) in [6.45, 7) is 2.71. The monoisotopic (exact) mass is 337 g/mol. The van der Waals surface area contributed by atoms with Gasteiger partial charge >= 0.3 is 13.6 Å². The Hall–Kier alpha value is -0.910. The molecule has 8 heteroatoms. The third-order valence-corrected chi connectivity index (χ3v) is 4.30. The van der Waals surface area contributed by atoms with Crippen LogP contribution in [0.4, 0.5) is 0 Å². The van der Waals surface area contributed by atoms with Gasteiger partial charge in [0.05, 0.1) is 12.1 Å². The van der Waals surface area contributed by atoms with E-state index in [2.05, 4.69) is 12.2 Å². The summed E-state index contributed by atoms with van der Waals surface area (Å²) in [6.07, 6.45) is 5.87. The Kier molecular flexibility index (Phi) is 11.1. The maximum absolute atomic E-state index is 11.6. The van der Waals surface area contributed by atoms with Gasteiger partial charge in [-0.1, -0.05) is 39.0 Å². The van der Waals surface area contributed by atoms with Crippen LogP contribution in [-0.4, -0.2) is 39.5 Å². The predicted molar refractivity (Wildman–Crippen MR) is 83.7 cm³/mol. The Balaban J connectivity index is 3.82. The summed E-state index contributed by atoms with van der Waals surface area (Å²) < 4.78 is 10.8. The molecule has 1 amide bonds. The van der Waals surface area contributed by atoms with Gasteiger partial charge in [0.1, 0.15) is 0 Å². The predicted octanol–water partition coefficient (Wildman–Crippen LogP) is 2.12. The van der Waals surface area contributed by atoms with Gasteiger partial charge in [-0.15, -0.1) is 0 Å². The van der Waals surface area contributed by atoms with Crippen molar-refractivity contribution in [3.8, 4) is 0 Å². The lowest BCUT2D eigenvalue weighted by molar-refractivity contribution is -0.141. The second-order valence-corrected chi connectivity index (χ2v) is 7.23. The minimum Gasteiger partial charge on any atom is -0.481 e. The lowest BCUT2D eigenvalue weighted by Gasteiger charge is -2.13. The van der Waals surface area contributed by atoms with Gasteiger partial charge in [-0.05, 0) is 12.8 Å². The number of carbonyl (C=O) groups is 2. The first-order valence-electron chi connectivity index (χ1n) is 7.80. The van der Waals surface area contributed by atoms with Crippen molar-refractivity contribution in [2.24, 2.45) is 5.92 Å². The van der Waals surface area contributed by atoms with Gasteiger partial charge in [0.25, 0.3) is 0 Å². The van der Waals surface area contributed by atoms with Gasteiger partial charge in [0.15, 0.2) is 0 Å². The van der Waals surface area contributed by atoms with Crippen molar-refractivity contribution in [1.82, 2.24) is 5.32 Å². The van der Waals surface area contributed by atoms with Crippen molar-refractivity contribution in [1.29, 1.82) is 0 Å². The molecule has 0 aliphatic heterocycles. The molecule has 130 valence electrons. The van der Waals surface area contributed by atoms with Crippen molar-refractivity contribution in [3.63, 3.8) is 0 Å². The summed E-state index contributed by atoms with van der Waals surface area (Å²) in [5.41, 5.74) is 0. The number of unbranched alkanes of at least 4 members (excludes halogenated alkanes) is 5. The molecule has 0 aliphatic carbocycles. The topological polar surface area (TPSA) is 124 Å². The van der Waals surface area contributed by atoms with Crippen LogP contribution in [0.5, 0.6) is 0 Å². The van der Waals surface area contributed by atoms with Gasteiger partial charge in [0.2, 0.25) is 5.91 Å². The molecule has 0 saturated heterocycles. The fourth-order valence-electron chi connectivity index (χ4n) is 2.11. The minimum atomic E-state index is -4.39. The van der Waals surface area contributed by atoms with Crippen LogP contribution in [0, 0.1) is 5.92 Å². The summed E-state index contributed by atoms with van der Waals surface area (Å²) in [7, 11) is -4.39. The molecule has 7 nitrogen and oxygen atoms in total. The Morgan fingerprint density at radius 3 is 2.23 bits per heavy atom. The summed E-state index contributed by atoms with van der Waals surface area (Å²) >= 11 is 0. The summed E-state index contributed by atoms with van der Waals surface area (Å²) in [6, 6.07) is 0. The maximum atomic E-state index is 11.6. The highest BCUT2D eigenvalue weighted by Crippen LogP contribution is 2.38. The van der Waals surface area contributed by atoms with Gasteiger partial charge in [-0.2, -0.15) is 0 Å². The molecule has 0 rings (SSSR count). The zero-order chi connectivity index (χ0) is 17.0.